The lowest BCUT2D eigenvalue weighted by Gasteiger charge is -2.08. The van der Waals surface area contributed by atoms with Gasteiger partial charge in [-0.15, -0.1) is 0 Å². The summed E-state index contributed by atoms with van der Waals surface area (Å²) < 4.78 is 40.9. The third-order valence-corrected chi connectivity index (χ3v) is 6.22. The molecule has 0 aliphatic rings. The Balaban J connectivity index is 1.34. The normalized spacial score (nSPS) is 11.8. The Hall–Kier alpha value is -3.62. The van der Waals surface area contributed by atoms with Gasteiger partial charge in [0.05, 0.1) is 4.90 Å². The highest BCUT2D eigenvalue weighted by Crippen LogP contribution is 2.23. The van der Waals surface area contributed by atoms with Crippen LogP contribution in [0.2, 0.25) is 0 Å². The van der Waals surface area contributed by atoms with Gasteiger partial charge in [-0.05, 0) is 55.0 Å². The van der Waals surface area contributed by atoms with Gasteiger partial charge in [-0.1, -0.05) is 29.8 Å². The molecule has 4 aromatic rings. The zero-order valence-corrected chi connectivity index (χ0v) is 19.1. The molecule has 33 heavy (non-hydrogen) atoms. The molecular formula is C25H24N2O5S. The fourth-order valence-corrected chi connectivity index (χ4v) is 3.98. The van der Waals surface area contributed by atoms with Gasteiger partial charge < -0.3 is 14.5 Å². The molecule has 0 atom stereocenters. The van der Waals surface area contributed by atoms with Crippen molar-refractivity contribution in [1.82, 2.24) is 4.98 Å². The molecule has 0 bridgehead atoms. The van der Waals surface area contributed by atoms with E-state index in [1.807, 2.05) is 44.3 Å². The highest BCUT2D eigenvalue weighted by molar-refractivity contribution is 7.86. The van der Waals surface area contributed by atoms with Crippen molar-refractivity contribution in [3.05, 3.63) is 83.7 Å². The van der Waals surface area contributed by atoms with Gasteiger partial charge in [-0.2, -0.15) is 8.42 Å². The Labute approximate surface area is 192 Å². The predicted octanol–water partition coefficient (Wildman–Crippen LogP) is 5.13. The van der Waals surface area contributed by atoms with E-state index >= 15 is 0 Å². The summed E-state index contributed by atoms with van der Waals surface area (Å²) in [6.45, 7) is 1.85. The van der Waals surface area contributed by atoms with Gasteiger partial charge in [-0.25, -0.2) is 4.98 Å². The summed E-state index contributed by atoms with van der Waals surface area (Å²) in [5, 5.41) is 3.08. The smallest absolute Gasteiger partial charge is 0.297 e. The first-order chi connectivity index (χ1) is 15.9. The van der Waals surface area contributed by atoms with Crippen LogP contribution in [0.15, 0.2) is 76.0 Å². The number of rotatable bonds is 9. The van der Waals surface area contributed by atoms with E-state index in [0.29, 0.717) is 22.7 Å². The van der Waals surface area contributed by atoms with Crippen molar-refractivity contribution in [2.75, 3.05) is 25.6 Å². The molecule has 0 amide bonds. The van der Waals surface area contributed by atoms with Gasteiger partial charge in [0, 0.05) is 24.9 Å². The Kier molecular flexibility index (Phi) is 6.76. The first-order valence-corrected chi connectivity index (χ1v) is 11.8. The molecule has 0 fully saturated rings. The van der Waals surface area contributed by atoms with E-state index in [0.717, 1.165) is 16.8 Å². The maximum absolute atomic E-state index is 12.2. The van der Waals surface area contributed by atoms with Crippen LogP contribution in [0.1, 0.15) is 17.0 Å². The summed E-state index contributed by atoms with van der Waals surface area (Å²) in [6, 6.07) is 19.7. The van der Waals surface area contributed by atoms with E-state index in [4.69, 9.17) is 13.3 Å². The molecule has 0 spiro atoms. The molecule has 1 aromatic heterocycles. The van der Waals surface area contributed by atoms with Crippen molar-refractivity contribution >= 4 is 39.1 Å². The van der Waals surface area contributed by atoms with Crippen molar-refractivity contribution in [1.29, 1.82) is 0 Å². The second-order valence-corrected chi connectivity index (χ2v) is 8.94. The van der Waals surface area contributed by atoms with Gasteiger partial charge in [0.15, 0.2) is 5.58 Å². The lowest BCUT2D eigenvalue weighted by atomic mass is 10.2. The number of ether oxygens (including phenoxy) is 1. The predicted molar refractivity (Wildman–Crippen MR) is 129 cm³/mol. The van der Waals surface area contributed by atoms with Crippen LogP contribution < -0.4 is 10.1 Å². The minimum absolute atomic E-state index is 0.0696. The Bertz CT molecular complexity index is 1360. The monoisotopic (exact) mass is 464 g/mol. The molecule has 0 unspecified atom stereocenters. The Morgan fingerprint density at radius 2 is 1.73 bits per heavy atom. The number of hydrogen-bond acceptors (Lipinski definition) is 7. The van der Waals surface area contributed by atoms with Crippen LogP contribution in [0.4, 0.5) is 5.69 Å². The average Bonchev–Trinajstić information content (AvgIpc) is 3.23. The topological polar surface area (TPSA) is 90.7 Å². The van der Waals surface area contributed by atoms with E-state index < -0.39 is 10.1 Å². The largest absolute Gasteiger partial charge is 0.491 e. The maximum atomic E-state index is 12.2. The first-order valence-electron chi connectivity index (χ1n) is 10.4. The van der Waals surface area contributed by atoms with Crippen molar-refractivity contribution in [3.8, 4) is 5.75 Å². The highest BCUT2D eigenvalue weighted by Gasteiger charge is 2.14. The molecule has 0 saturated carbocycles. The number of nitrogens with one attached hydrogen (secondary N) is 1. The summed E-state index contributed by atoms with van der Waals surface area (Å²) in [5.74, 6) is 1.01. The van der Waals surface area contributed by atoms with Crippen LogP contribution in [0.25, 0.3) is 23.3 Å². The van der Waals surface area contributed by atoms with E-state index in [-0.39, 0.29) is 18.1 Å². The fourth-order valence-electron chi connectivity index (χ4n) is 3.09. The Morgan fingerprint density at radius 1 is 0.970 bits per heavy atom. The summed E-state index contributed by atoms with van der Waals surface area (Å²) >= 11 is 0. The lowest BCUT2D eigenvalue weighted by Crippen LogP contribution is -2.13. The van der Waals surface area contributed by atoms with Crippen LogP contribution in [-0.4, -0.2) is 33.7 Å². The quantitative estimate of drug-likeness (QED) is 0.271. The standard InChI is InChI=1S/C25H24N2O5S/c1-18-3-11-22(12-4-18)33(28,29)31-16-15-30-21-10-13-23-24(17-21)32-25(27-23)14-7-19-5-8-20(26-2)9-6-19/h3-14,17,26H,15-16H2,1-2H3. The zero-order valence-electron chi connectivity index (χ0n) is 18.3. The van der Waals surface area contributed by atoms with Crippen LogP contribution in [0.5, 0.6) is 5.75 Å². The molecule has 7 nitrogen and oxygen atoms in total. The van der Waals surface area contributed by atoms with E-state index in [9.17, 15) is 8.42 Å². The molecule has 1 heterocycles. The minimum atomic E-state index is -3.82. The van der Waals surface area contributed by atoms with Crippen LogP contribution in [0.3, 0.4) is 0 Å². The molecule has 4 rings (SSSR count). The number of hydrogen-bond donors (Lipinski definition) is 1. The molecule has 3 aromatic carbocycles. The number of fused-ring (bicyclic) bond motifs is 1. The molecule has 0 radical (unpaired) electrons. The third kappa shape index (κ3) is 5.79. The SMILES string of the molecule is CNc1ccc(C=Cc2nc3ccc(OCCOS(=O)(=O)c4ccc(C)cc4)cc3o2)cc1. The molecule has 0 aliphatic carbocycles. The van der Waals surface area contributed by atoms with Gasteiger partial charge in [-0.3, -0.25) is 4.18 Å². The molecule has 0 saturated heterocycles. The molecule has 1 N–H and O–H groups in total. The lowest BCUT2D eigenvalue weighted by molar-refractivity contribution is 0.221. The summed E-state index contributed by atoms with van der Waals surface area (Å²) in [7, 11) is -1.94. The molecular weight excluding hydrogens is 440 g/mol. The van der Waals surface area contributed by atoms with Gasteiger partial charge >= 0.3 is 0 Å². The van der Waals surface area contributed by atoms with Crippen molar-refractivity contribution in [2.45, 2.75) is 11.8 Å². The minimum Gasteiger partial charge on any atom is -0.491 e. The van der Waals surface area contributed by atoms with Gasteiger partial charge in [0.25, 0.3) is 10.1 Å². The van der Waals surface area contributed by atoms with E-state index in [1.165, 1.54) is 12.1 Å². The summed E-state index contributed by atoms with van der Waals surface area (Å²) in [6.07, 6.45) is 3.73. The number of anilines is 1. The van der Waals surface area contributed by atoms with Crippen LogP contribution in [0, 0.1) is 6.92 Å². The third-order valence-electron chi connectivity index (χ3n) is 4.89. The summed E-state index contributed by atoms with van der Waals surface area (Å²) in [4.78, 5) is 4.57. The number of benzene rings is 3. The second-order valence-electron chi connectivity index (χ2n) is 7.32. The van der Waals surface area contributed by atoms with Gasteiger partial charge in [0.2, 0.25) is 5.89 Å². The highest BCUT2D eigenvalue weighted by atomic mass is 32.2. The fraction of sp³-hybridized carbons (Fsp3) is 0.160. The molecule has 0 aliphatic heterocycles. The summed E-state index contributed by atoms with van der Waals surface area (Å²) in [5.41, 5.74) is 4.32. The average molecular weight is 465 g/mol. The number of nitrogens with zero attached hydrogens (tertiary/aromatic N) is 1. The van der Waals surface area contributed by atoms with Crippen molar-refractivity contribution < 1.29 is 21.8 Å². The van der Waals surface area contributed by atoms with E-state index in [2.05, 4.69) is 10.3 Å². The van der Waals surface area contributed by atoms with Crippen LogP contribution in [-0.2, 0) is 14.3 Å². The Morgan fingerprint density at radius 3 is 2.45 bits per heavy atom. The van der Waals surface area contributed by atoms with Crippen molar-refractivity contribution in [2.24, 2.45) is 0 Å². The zero-order chi connectivity index (χ0) is 23.3. The van der Waals surface area contributed by atoms with Crippen LogP contribution >= 0.6 is 0 Å². The van der Waals surface area contributed by atoms with Gasteiger partial charge in [0.1, 0.15) is 24.5 Å². The number of aryl methyl sites for hydroxylation is 1. The second kappa shape index (κ2) is 9.89. The number of oxazole rings is 1. The van der Waals surface area contributed by atoms with Crippen molar-refractivity contribution in [3.63, 3.8) is 0 Å². The maximum Gasteiger partial charge on any atom is 0.297 e. The molecule has 170 valence electrons. The molecule has 8 heteroatoms. The van der Waals surface area contributed by atoms with E-state index in [1.54, 1.807) is 36.4 Å². The number of aromatic nitrogens is 1. The first kappa shape index (κ1) is 22.6.